The predicted molar refractivity (Wildman–Crippen MR) is 97.1 cm³/mol. The van der Waals surface area contributed by atoms with Crippen LogP contribution < -0.4 is 0 Å². The van der Waals surface area contributed by atoms with E-state index in [0.29, 0.717) is 24.5 Å². The maximum absolute atomic E-state index is 12.6. The second-order valence-corrected chi connectivity index (χ2v) is 6.56. The molecule has 1 aromatic rings. The van der Waals surface area contributed by atoms with Gasteiger partial charge in [-0.3, -0.25) is 9.59 Å². The van der Waals surface area contributed by atoms with Crippen LogP contribution in [0.25, 0.3) is 0 Å². The molecule has 0 aliphatic heterocycles. The van der Waals surface area contributed by atoms with Crippen molar-refractivity contribution in [1.29, 1.82) is 0 Å². The van der Waals surface area contributed by atoms with E-state index < -0.39 is 0 Å². The maximum atomic E-state index is 12.6. The molecule has 0 aliphatic carbocycles. The number of unbranched alkanes of at least 4 members (excludes halogenated alkanes) is 3. The number of methoxy groups -OCH3 is 1. The molecule has 24 heavy (non-hydrogen) atoms. The minimum Gasteiger partial charge on any atom is -0.469 e. The number of hydrogen-bond acceptors (Lipinski definition) is 3. The van der Waals surface area contributed by atoms with Gasteiger partial charge in [-0.05, 0) is 24.1 Å². The van der Waals surface area contributed by atoms with Crippen LogP contribution in [0.4, 0.5) is 0 Å². The van der Waals surface area contributed by atoms with E-state index >= 15 is 0 Å². The highest BCUT2D eigenvalue weighted by Gasteiger charge is 2.21. The molecule has 0 N–H and O–H groups in total. The van der Waals surface area contributed by atoms with Crippen molar-refractivity contribution in [3.63, 3.8) is 0 Å². The molecule has 0 saturated heterocycles. The summed E-state index contributed by atoms with van der Waals surface area (Å²) in [5.41, 5.74) is 0.925. The van der Waals surface area contributed by atoms with Gasteiger partial charge in [0, 0.05) is 18.1 Å². The lowest BCUT2D eigenvalue weighted by molar-refractivity contribution is -0.146. The smallest absolute Gasteiger partial charge is 0.310 e. The zero-order valence-corrected chi connectivity index (χ0v) is 15.6. The van der Waals surface area contributed by atoms with Crippen molar-refractivity contribution in [2.24, 2.45) is 5.92 Å². The number of carbonyl (C=O) groups is 2. The van der Waals surface area contributed by atoms with E-state index in [1.807, 2.05) is 12.1 Å². The van der Waals surface area contributed by atoms with Crippen LogP contribution in [-0.2, 0) is 20.7 Å². The third kappa shape index (κ3) is 7.35. The Hall–Kier alpha value is -1.55. The Bertz CT molecular complexity index is 516. The van der Waals surface area contributed by atoms with E-state index in [1.165, 1.54) is 7.11 Å². The monoisotopic (exact) mass is 353 g/mol. The molecule has 4 nitrogen and oxygen atoms in total. The van der Waals surface area contributed by atoms with E-state index in [4.69, 9.17) is 16.3 Å². The number of halogens is 1. The fourth-order valence-electron chi connectivity index (χ4n) is 2.54. The summed E-state index contributed by atoms with van der Waals surface area (Å²) in [6.45, 7) is 5.02. The highest BCUT2D eigenvalue weighted by molar-refractivity contribution is 6.30. The van der Waals surface area contributed by atoms with E-state index in [0.717, 1.165) is 31.2 Å². The number of ether oxygens (including phenoxy) is 1. The normalized spacial score (nSPS) is 11.8. The molecule has 1 amide bonds. The molecule has 1 atom stereocenters. The zero-order valence-electron chi connectivity index (χ0n) is 14.9. The van der Waals surface area contributed by atoms with Crippen molar-refractivity contribution in [2.75, 3.05) is 20.2 Å². The molecule has 0 radical (unpaired) electrons. The largest absolute Gasteiger partial charge is 0.469 e. The van der Waals surface area contributed by atoms with Crippen LogP contribution in [0, 0.1) is 5.92 Å². The van der Waals surface area contributed by atoms with Crippen LogP contribution in [-0.4, -0.2) is 37.0 Å². The molecule has 0 heterocycles. The van der Waals surface area contributed by atoms with Gasteiger partial charge in [0.15, 0.2) is 0 Å². The van der Waals surface area contributed by atoms with Gasteiger partial charge in [0.1, 0.15) is 0 Å². The van der Waals surface area contributed by atoms with Gasteiger partial charge in [0.25, 0.3) is 0 Å². The number of nitrogens with zero attached hydrogens (tertiary/aromatic N) is 1. The summed E-state index contributed by atoms with van der Waals surface area (Å²) in [7, 11) is 1.37. The molecule has 134 valence electrons. The first-order valence-corrected chi connectivity index (χ1v) is 8.95. The number of amides is 1. The van der Waals surface area contributed by atoms with E-state index in [-0.39, 0.29) is 17.8 Å². The highest BCUT2D eigenvalue weighted by Crippen LogP contribution is 2.13. The number of hydrogen-bond donors (Lipinski definition) is 0. The van der Waals surface area contributed by atoms with Crippen molar-refractivity contribution in [1.82, 2.24) is 4.90 Å². The van der Waals surface area contributed by atoms with Crippen molar-refractivity contribution < 1.29 is 14.3 Å². The summed E-state index contributed by atoms with van der Waals surface area (Å²) < 4.78 is 4.78. The van der Waals surface area contributed by atoms with Crippen LogP contribution in [0.3, 0.4) is 0 Å². The van der Waals surface area contributed by atoms with Crippen LogP contribution in [0.5, 0.6) is 0 Å². The van der Waals surface area contributed by atoms with Crippen molar-refractivity contribution in [3.8, 4) is 0 Å². The van der Waals surface area contributed by atoms with Gasteiger partial charge in [-0.25, -0.2) is 0 Å². The molecule has 5 heteroatoms. The number of esters is 1. The summed E-state index contributed by atoms with van der Waals surface area (Å²) >= 11 is 5.88. The zero-order chi connectivity index (χ0) is 17.9. The number of rotatable bonds is 10. The predicted octanol–water partition coefficient (Wildman–Crippen LogP) is 4.10. The minimum absolute atomic E-state index is 0.0320. The second-order valence-electron chi connectivity index (χ2n) is 6.13. The molecular weight excluding hydrogens is 326 g/mol. The van der Waals surface area contributed by atoms with Crippen LogP contribution in [0.1, 0.15) is 45.1 Å². The van der Waals surface area contributed by atoms with Crippen molar-refractivity contribution in [2.45, 2.75) is 46.0 Å². The Morgan fingerprint density at radius 2 is 1.83 bits per heavy atom. The Morgan fingerprint density at radius 3 is 2.42 bits per heavy atom. The fourth-order valence-corrected chi connectivity index (χ4v) is 2.67. The summed E-state index contributed by atoms with van der Waals surface area (Å²) in [6, 6.07) is 7.29. The molecule has 0 saturated carbocycles. The molecule has 0 bridgehead atoms. The van der Waals surface area contributed by atoms with Crippen molar-refractivity contribution >= 4 is 23.5 Å². The summed E-state index contributed by atoms with van der Waals surface area (Å²) in [5.74, 6) is -0.576. The van der Waals surface area contributed by atoms with Gasteiger partial charge in [-0.15, -0.1) is 0 Å². The van der Waals surface area contributed by atoms with Gasteiger partial charge in [-0.2, -0.15) is 0 Å². The van der Waals surface area contributed by atoms with Gasteiger partial charge in [0.05, 0.1) is 19.4 Å². The van der Waals surface area contributed by atoms with E-state index in [2.05, 4.69) is 6.92 Å². The lowest BCUT2D eigenvalue weighted by Gasteiger charge is -2.25. The Kier molecular flexibility index (Phi) is 9.46. The Labute approximate surface area is 150 Å². The molecular formula is C19H28ClNO3. The second kappa shape index (κ2) is 11.1. The van der Waals surface area contributed by atoms with Gasteiger partial charge in [0.2, 0.25) is 5.91 Å². The SMILES string of the molecule is CCCCCCN(CC(C)C(=O)OC)C(=O)Cc1ccc(Cl)cc1. The lowest BCUT2D eigenvalue weighted by Crippen LogP contribution is -2.38. The molecule has 0 fully saturated rings. The van der Waals surface area contributed by atoms with E-state index in [1.54, 1.807) is 24.0 Å². The molecule has 0 spiro atoms. The molecule has 1 aromatic carbocycles. The highest BCUT2D eigenvalue weighted by atomic mass is 35.5. The molecule has 0 aliphatic rings. The van der Waals surface area contributed by atoms with E-state index in [9.17, 15) is 9.59 Å². The van der Waals surface area contributed by atoms with Crippen LogP contribution in [0.15, 0.2) is 24.3 Å². The topological polar surface area (TPSA) is 46.6 Å². The molecule has 1 unspecified atom stereocenters. The summed E-state index contributed by atoms with van der Waals surface area (Å²) in [4.78, 5) is 26.1. The fraction of sp³-hybridized carbons (Fsp3) is 0.579. The van der Waals surface area contributed by atoms with Crippen LogP contribution >= 0.6 is 11.6 Å². The minimum atomic E-state index is -0.324. The Balaban J connectivity index is 2.68. The summed E-state index contributed by atoms with van der Waals surface area (Å²) in [5, 5.41) is 0.655. The van der Waals surface area contributed by atoms with Crippen molar-refractivity contribution in [3.05, 3.63) is 34.9 Å². The summed E-state index contributed by atoms with van der Waals surface area (Å²) in [6.07, 6.45) is 4.67. The van der Waals surface area contributed by atoms with Gasteiger partial charge >= 0.3 is 5.97 Å². The number of carbonyl (C=O) groups excluding carboxylic acids is 2. The van der Waals surface area contributed by atoms with Gasteiger partial charge in [-0.1, -0.05) is 56.8 Å². The maximum Gasteiger partial charge on any atom is 0.310 e. The lowest BCUT2D eigenvalue weighted by atomic mass is 10.1. The Morgan fingerprint density at radius 1 is 1.17 bits per heavy atom. The third-order valence-corrected chi connectivity index (χ3v) is 4.25. The first-order chi connectivity index (χ1) is 11.5. The quantitative estimate of drug-likeness (QED) is 0.470. The standard InChI is InChI=1S/C19H28ClNO3/c1-4-5-6-7-12-21(14-15(2)19(23)24-3)18(22)13-16-8-10-17(20)11-9-16/h8-11,15H,4-7,12-14H2,1-3H3. The van der Waals surface area contributed by atoms with Gasteiger partial charge < -0.3 is 9.64 Å². The average molecular weight is 354 g/mol. The molecule has 0 aromatic heterocycles. The first-order valence-electron chi connectivity index (χ1n) is 8.58. The third-order valence-electron chi connectivity index (χ3n) is 4.00. The average Bonchev–Trinajstić information content (AvgIpc) is 2.58. The first kappa shape index (κ1) is 20.5. The molecule has 1 rings (SSSR count). The van der Waals surface area contributed by atoms with Crippen LogP contribution in [0.2, 0.25) is 5.02 Å². The number of benzene rings is 1.